The molecule has 4 atom stereocenters. The highest BCUT2D eigenvalue weighted by Crippen LogP contribution is 2.52. The molecule has 0 unspecified atom stereocenters. The number of hydrogen-bond acceptors (Lipinski definition) is 6. The second-order valence-corrected chi connectivity index (χ2v) is 6.02. The average Bonchev–Trinajstić information content (AvgIpc) is 3.26. The van der Waals surface area contributed by atoms with Crippen molar-refractivity contribution in [1.82, 2.24) is 4.90 Å². The van der Waals surface area contributed by atoms with Crippen LogP contribution in [-0.4, -0.2) is 41.0 Å². The zero-order valence-corrected chi connectivity index (χ0v) is 12.4. The Bertz CT molecular complexity index is 708. The van der Waals surface area contributed by atoms with E-state index in [1.54, 1.807) is 24.3 Å². The summed E-state index contributed by atoms with van der Waals surface area (Å²) in [6, 6.07) is 3.42. The molecular formula is C16H15NO6. The summed E-state index contributed by atoms with van der Waals surface area (Å²) in [6.07, 6.45) is 4.56. The van der Waals surface area contributed by atoms with Crippen molar-refractivity contribution in [3.8, 4) is 0 Å². The maximum atomic E-state index is 12.8. The van der Waals surface area contributed by atoms with E-state index >= 15 is 0 Å². The summed E-state index contributed by atoms with van der Waals surface area (Å²) in [5, 5.41) is 0. The lowest BCUT2D eigenvalue weighted by molar-refractivity contribution is -0.155. The number of imide groups is 1. The molecule has 23 heavy (non-hydrogen) atoms. The van der Waals surface area contributed by atoms with E-state index in [2.05, 4.69) is 0 Å². The lowest BCUT2D eigenvalue weighted by Crippen LogP contribution is -2.44. The number of carbonyl (C=O) groups is 3. The molecule has 2 saturated heterocycles. The largest absolute Gasteiger partial charge is 0.467 e. The molecule has 3 aliphatic rings. The fourth-order valence-electron chi connectivity index (χ4n) is 3.66. The minimum atomic E-state index is -1.04. The maximum Gasteiger partial charge on any atom is 0.302 e. The first kappa shape index (κ1) is 14.2. The van der Waals surface area contributed by atoms with Gasteiger partial charge in [-0.25, -0.2) is 0 Å². The summed E-state index contributed by atoms with van der Waals surface area (Å²) >= 11 is 0. The van der Waals surface area contributed by atoms with Gasteiger partial charge in [-0.1, -0.05) is 6.08 Å². The van der Waals surface area contributed by atoms with Gasteiger partial charge in [0.1, 0.15) is 18.0 Å². The van der Waals surface area contributed by atoms with Crippen molar-refractivity contribution in [2.45, 2.75) is 25.2 Å². The van der Waals surface area contributed by atoms with Crippen molar-refractivity contribution in [2.24, 2.45) is 11.8 Å². The minimum absolute atomic E-state index is 0.0654. The van der Waals surface area contributed by atoms with Crippen LogP contribution in [0, 0.1) is 11.8 Å². The van der Waals surface area contributed by atoms with E-state index < -0.39 is 29.5 Å². The summed E-state index contributed by atoms with van der Waals surface area (Å²) in [5.74, 6) is -1.70. The molecule has 2 fully saturated rings. The Labute approximate surface area is 131 Å². The highest BCUT2D eigenvalue weighted by Gasteiger charge is 2.68. The summed E-state index contributed by atoms with van der Waals surface area (Å²) in [4.78, 5) is 37.7. The molecule has 0 aliphatic carbocycles. The second-order valence-electron chi connectivity index (χ2n) is 6.02. The fraction of sp³-hybridized carbons (Fsp3) is 0.438. The standard InChI is InChI=1S/C16H15NO6/c1-9(18)22-8-16-5-4-11(23-16)12-13(16)15(20)17(14(12)19)7-10-3-2-6-21-10/h2-6,11-13H,7-8H2,1H3/t11-,12-,13+,16-/m1/s1. The summed E-state index contributed by atoms with van der Waals surface area (Å²) < 4.78 is 16.1. The summed E-state index contributed by atoms with van der Waals surface area (Å²) in [7, 11) is 0. The Morgan fingerprint density at radius 1 is 1.39 bits per heavy atom. The molecule has 0 spiro atoms. The number of likely N-dealkylation sites (tertiary alicyclic amines) is 1. The van der Waals surface area contributed by atoms with Crippen LogP contribution in [0.4, 0.5) is 0 Å². The highest BCUT2D eigenvalue weighted by molar-refractivity contribution is 6.07. The van der Waals surface area contributed by atoms with Gasteiger partial charge in [-0.05, 0) is 18.2 Å². The number of rotatable bonds is 4. The van der Waals surface area contributed by atoms with Gasteiger partial charge in [0.25, 0.3) is 0 Å². The molecule has 4 rings (SSSR count). The molecule has 2 bridgehead atoms. The van der Waals surface area contributed by atoms with Gasteiger partial charge < -0.3 is 13.9 Å². The van der Waals surface area contributed by atoms with Crippen molar-refractivity contribution in [1.29, 1.82) is 0 Å². The van der Waals surface area contributed by atoms with E-state index in [9.17, 15) is 14.4 Å². The van der Waals surface area contributed by atoms with Crippen LogP contribution in [0.2, 0.25) is 0 Å². The SMILES string of the molecule is CC(=O)OC[C@@]12C=C[C@@H](O1)[C@H]1C(=O)N(Cc3ccco3)C(=O)[C@H]12. The first-order valence-corrected chi connectivity index (χ1v) is 7.40. The predicted molar refractivity (Wildman–Crippen MR) is 74.6 cm³/mol. The van der Waals surface area contributed by atoms with Crippen LogP contribution in [0.1, 0.15) is 12.7 Å². The van der Waals surface area contributed by atoms with Gasteiger partial charge >= 0.3 is 5.97 Å². The fourth-order valence-corrected chi connectivity index (χ4v) is 3.66. The molecule has 2 amide bonds. The van der Waals surface area contributed by atoms with Crippen LogP contribution in [0.25, 0.3) is 0 Å². The third-order valence-electron chi connectivity index (χ3n) is 4.64. The number of amides is 2. The van der Waals surface area contributed by atoms with Crippen LogP contribution in [-0.2, 0) is 30.4 Å². The van der Waals surface area contributed by atoms with E-state index in [0.717, 1.165) is 0 Å². The summed E-state index contributed by atoms with van der Waals surface area (Å²) in [5.41, 5.74) is -1.04. The smallest absolute Gasteiger partial charge is 0.302 e. The number of ether oxygens (including phenoxy) is 2. The Morgan fingerprint density at radius 3 is 2.91 bits per heavy atom. The van der Waals surface area contributed by atoms with Crippen LogP contribution in [0.3, 0.4) is 0 Å². The van der Waals surface area contributed by atoms with Gasteiger partial charge in [0, 0.05) is 6.92 Å². The number of carbonyl (C=O) groups excluding carboxylic acids is 3. The first-order chi connectivity index (χ1) is 11.0. The zero-order valence-electron chi connectivity index (χ0n) is 12.4. The van der Waals surface area contributed by atoms with Crippen molar-refractivity contribution >= 4 is 17.8 Å². The van der Waals surface area contributed by atoms with Crippen LogP contribution >= 0.6 is 0 Å². The van der Waals surface area contributed by atoms with Crippen molar-refractivity contribution in [3.63, 3.8) is 0 Å². The second kappa shape index (κ2) is 4.79. The number of fused-ring (bicyclic) bond motifs is 5. The predicted octanol–water partition coefficient (Wildman–Crippen LogP) is 0.651. The van der Waals surface area contributed by atoms with E-state index in [4.69, 9.17) is 13.9 Å². The molecule has 0 N–H and O–H groups in total. The Hall–Kier alpha value is -2.41. The van der Waals surface area contributed by atoms with Gasteiger partial charge in [-0.2, -0.15) is 0 Å². The molecule has 3 aliphatic heterocycles. The van der Waals surface area contributed by atoms with Crippen molar-refractivity contribution < 1.29 is 28.3 Å². The normalized spacial score (nSPS) is 34.3. The van der Waals surface area contributed by atoms with Crippen molar-refractivity contribution in [3.05, 3.63) is 36.3 Å². The molecule has 0 saturated carbocycles. The third-order valence-corrected chi connectivity index (χ3v) is 4.64. The molecular weight excluding hydrogens is 302 g/mol. The lowest BCUT2D eigenvalue weighted by atomic mass is 9.77. The monoisotopic (exact) mass is 317 g/mol. The molecule has 7 heteroatoms. The Balaban J connectivity index is 1.61. The molecule has 0 aromatic carbocycles. The van der Waals surface area contributed by atoms with Gasteiger partial charge in [-0.3, -0.25) is 19.3 Å². The van der Waals surface area contributed by atoms with Gasteiger partial charge in [0.05, 0.1) is 30.7 Å². The van der Waals surface area contributed by atoms with E-state index in [0.29, 0.717) is 5.76 Å². The van der Waals surface area contributed by atoms with Gasteiger partial charge in [-0.15, -0.1) is 0 Å². The van der Waals surface area contributed by atoms with E-state index in [1.807, 2.05) is 0 Å². The lowest BCUT2D eigenvalue weighted by Gasteiger charge is -2.27. The average molecular weight is 317 g/mol. The molecule has 0 radical (unpaired) electrons. The summed E-state index contributed by atoms with van der Waals surface area (Å²) in [6.45, 7) is 1.34. The van der Waals surface area contributed by atoms with E-state index in [-0.39, 0.29) is 25.0 Å². The Morgan fingerprint density at radius 2 is 2.22 bits per heavy atom. The van der Waals surface area contributed by atoms with Gasteiger partial charge in [0.15, 0.2) is 0 Å². The highest BCUT2D eigenvalue weighted by atomic mass is 16.6. The maximum absolute atomic E-state index is 12.8. The molecule has 1 aromatic rings. The first-order valence-electron chi connectivity index (χ1n) is 7.40. The number of nitrogens with zero attached hydrogens (tertiary/aromatic N) is 1. The number of esters is 1. The minimum Gasteiger partial charge on any atom is -0.467 e. The topological polar surface area (TPSA) is 86.1 Å². The van der Waals surface area contributed by atoms with Crippen LogP contribution in [0.15, 0.2) is 35.0 Å². The molecule has 120 valence electrons. The van der Waals surface area contributed by atoms with Gasteiger partial charge in [0.2, 0.25) is 11.8 Å². The van der Waals surface area contributed by atoms with Crippen LogP contribution in [0.5, 0.6) is 0 Å². The number of hydrogen-bond donors (Lipinski definition) is 0. The Kier molecular flexibility index (Phi) is 2.96. The molecule has 7 nitrogen and oxygen atoms in total. The zero-order chi connectivity index (χ0) is 16.2. The van der Waals surface area contributed by atoms with Crippen LogP contribution < -0.4 is 0 Å². The molecule has 4 heterocycles. The third kappa shape index (κ3) is 1.96. The van der Waals surface area contributed by atoms with E-state index in [1.165, 1.54) is 18.1 Å². The quantitative estimate of drug-likeness (QED) is 0.460. The van der Waals surface area contributed by atoms with Crippen molar-refractivity contribution in [2.75, 3.05) is 6.61 Å². The molecule has 1 aromatic heterocycles. The number of furan rings is 1.